The van der Waals surface area contributed by atoms with Crippen molar-refractivity contribution in [1.82, 2.24) is 19.7 Å². The topological polar surface area (TPSA) is 76.4 Å². The van der Waals surface area contributed by atoms with Gasteiger partial charge in [0, 0.05) is 38.3 Å². The summed E-state index contributed by atoms with van der Waals surface area (Å²) in [5, 5.41) is 5.53. The number of benzene rings is 2. The first kappa shape index (κ1) is 20.1. The minimum Gasteiger partial charge on any atom is -0.378 e. The second-order valence-electron chi connectivity index (χ2n) is 7.72. The highest BCUT2D eigenvalue weighted by atomic mass is 16.5. The summed E-state index contributed by atoms with van der Waals surface area (Å²) in [7, 11) is 1.76. The monoisotopic (exact) mass is 428 g/mol. The molecule has 1 aliphatic rings. The van der Waals surface area contributed by atoms with Crippen molar-refractivity contribution in [3.63, 3.8) is 0 Å². The molecule has 1 aliphatic heterocycles. The number of morpholine rings is 1. The van der Waals surface area contributed by atoms with E-state index >= 15 is 0 Å². The molecule has 0 spiro atoms. The van der Waals surface area contributed by atoms with Crippen LogP contribution in [0.25, 0.3) is 28.1 Å². The van der Waals surface area contributed by atoms with E-state index in [0.717, 1.165) is 46.9 Å². The first-order valence-corrected chi connectivity index (χ1v) is 10.6. The maximum atomic E-state index is 11.7. The summed E-state index contributed by atoms with van der Waals surface area (Å²) in [5.74, 6) is 1.46. The lowest BCUT2D eigenvalue weighted by atomic mass is 10.1. The molecule has 0 aliphatic carbocycles. The highest BCUT2D eigenvalue weighted by Crippen LogP contribution is 2.30. The molecule has 3 heterocycles. The Bertz CT molecular complexity index is 1250. The highest BCUT2D eigenvalue weighted by Gasteiger charge is 2.21. The van der Waals surface area contributed by atoms with Gasteiger partial charge in [0.1, 0.15) is 5.82 Å². The maximum absolute atomic E-state index is 11.7. The Morgan fingerprint density at radius 3 is 2.41 bits per heavy atom. The molecule has 1 fully saturated rings. The van der Waals surface area contributed by atoms with Crippen LogP contribution >= 0.6 is 0 Å². The summed E-state index contributed by atoms with van der Waals surface area (Å²) < 4.78 is 7.39. The Hall–Kier alpha value is -3.78. The zero-order valence-electron chi connectivity index (χ0n) is 18.1. The summed E-state index contributed by atoms with van der Waals surface area (Å²) in [4.78, 5) is 25.4. The number of aromatic nitrogens is 4. The average Bonchev–Trinajstić information content (AvgIpc) is 3.28. The third-order valence-electron chi connectivity index (χ3n) is 5.70. The molecule has 8 nitrogen and oxygen atoms in total. The second kappa shape index (κ2) is 8.39. The van der Waals surface area contributed by atoms with Crippen molar-refractivity contribution in [1.29, 1.82) is 0 Å². The molecule has 0 N–H and O–H groups in total. The largest absolute Gasteiger partial charge is 0.378 e. The summed E-state index contributed by atoms with van der Waals surface area (Å²) >= 11 is 0. The smallest absolute Gasteiger partial charge is 0.223 e. The highest BCUT2D eigenvalue weighted by molar-refractivity contribution is 5.92. The second-order valence-corrected chi connectivity index (χ2v) is 7.72. The number of nitrogens with zero attached hydrogens (tertiary/aromatic N) is 6. The fourth-order valence-corrected chi connectivity index (χ4v) is 3.81. The number of fused-ring (bicyclic) bond motifs is 1. The van der Waals surface area contributed by atoms with Gasteiger partial charge in [-0.15, -0.1) is 0 Å². The predicted molar refractivity (Wildman–Crippen MR) is 124 cm³/mol. The van der Waals surface area contributed by atoms with Crippen LogP contribution in [0.1, 0.15) is 6.92 Å². The predicted octanol–water partition coefficient (Wildman–Crippen LogP) is 3.30. The number of hydrogen-bond donors (Lipinski definition) is 0. The van der Waals surface area contributed by atoms with Crippen molar-refractivity contribution in [3.8, 4) is 17.1 Å². The normalized spacial score (nSPS) is 14.0. The Morgan fingerprint density at radius 2 is 1.72 bits per heavy atom. The molecule has 4 aromatic rings. The Labute approximate surface area is 186 Å². The standard InChI is InChI=1S/C24H24N6O2/c1-17(31)28(2)19-10-8-18(9-11-19)22-26-23(29-12-14-32-15-13-29)21-16-25-30(24(21)27-22)20-6-4-3-5-7-20/h3-11,16H,12-15H2,1-2H3. The molecule has 0 radical (unpaired) electrons. The van der Waals surface area contributed by atoms with Gasteiger partial charge >= 0.3 is 0 Å². The van der Waals surface area contributed by atoms with Crippen LogP contribution < -0.4 is 9.80 Å². The van der Waals surface area contributed by atoms with Crippen LogP contribution in [-0.4, -0.2) is 59.0 Å². The van der Waals surface area contributed by atoms with Crippen LogP contribution in [0.2, 0.25) is 0 Å². The van der Waals surface area contributed by atoms with Crippen LogP contribution in [0, 0.1) is 0 Å². The van der Waals surface area contributed by atoms with Crippen LogP contribution in [-0.2, 0) is 9.53 Å². The summed E-state index contributed by atoms with van der Waals surface area (Å²) in [6.07, 6.45) is 1.84. The molecule has 0 saturated carbocycles. The number of anilines is 2. The third kappa shape index (κ3) is 3.69. The van der Waals surface area contributed by atoms with Crippen LogP contribution in [0.15, 0.2) is 60.8 Å². The molecule has 0 bridgehead atoms. The van der Waals surface area contributed by atoms with E-state index in [0.29, 0.717) is 19.0 Å². The van der Waals surface area contributed by atoms with Gasteiger partial charge in [-0.25, -0.2) is 14.6 Å². The van der Waals surface area contributed by atoms with Gasteiger partial charge < -0.3 is 14.5 Å². The molecule has 5 rings (SSSR count). The van der Waals surface area contributed by atoms with Gasteiger partial charge in [0.25, 0.3) is 0 Å². The molecule has 1 saturated heterocycles. The van der Waals surface area contributed by atoms with Crippen LogP contribution in [0.4, 0.5) is 11.5 Å². The van der Waals surface area contributed by atoms with E-state index < -0.39 is 0 Å². The molecule has 2 aromatic heterocycles. The van der Waals surface area contributed by atoms with Crippen molar-refractivity contribution in [2.75, 3.05) is 43.2 Å². The van der Waals surface area contributed by atoms with Gasteiger partial charge in [0.15, 0.2) is 11.5 Å². The SMILES string of the molecule is CC(=O)N(C)c1ccc(-c2nc(N3CCOCC3)c3cnn(-c4ccccc4)c3n2)cc1. The number of carbonyl (C=O) groups excluding carboxylic acids is 1. The van der Waals surface area contributed by atoms with Gasteiger partial charge in [0.2, 0.25) is 5.91 Å². The van der Waals surface area contributed by atoms with Crippen molar-refractivity contribution in [3.05, 3.63) is 60.8 Å². The summed E-state index contributed by atoms with van der Waals surface area (Å²) in [5.41, 5.74) is 3.40. The third-order valence-corrected chi connectivity index (χ3v) is 5.70. The number of rotatable bonds is 4. The molecular weight excluding hydrogens is 404 g/mol. The minimum absolute atomic E-state index is 0.0169. The van der Waals surface area contributed by atoms with E-state index in [-0.39, 0.29) is 5.91 Å². The zero-order valence-corrected chi connectivity index (χ0v) is 18.1. The molecule has 32 heavy (non-hydrogen) atoms. The molecule has 0 unspecified atom stereocenters. The zero-order chi connectivity index (χ0) is 22.1. The van der Waals surface area contributed by atoms with Gasteiger partial charge in [0.05, 0.1) is 30.5 Å². The molecule has 0 atom stereocenters. The van der Waals surface area contributed by atoms with E-state index in [1.165, 1.54) is 0 Å². The number of hydrogen-bond acceptors (Lipinski definition) is 6. The Kier molecular flexibility index (Phi) is 5.28. The Morgan fingerprint density at radius 1 is 1.00 bits per heavy atom. The number of ether oxygens (including phenoxy) is 1. The Balaban J connectivity index is 1.64. The minimum atomic E-state index is -0.0169. The van der Waals surface area contributed by atoms with Gasteiger partial charge in [-0.2, -0.15) is 5.10 Å². The van der Waals surface area contributed by atoms with E-state index in [4.69, 9.17) is 14.7 Å². The summed E-state index contributed by atoms with van der Waals surface area (Å²) in [6, 6.07) is 17.7. The lowest BCUT2D eigenvalue weighted by Crippen LogP contribution is -2.37. The fraction of sp³-hybridized carbons (Fsp3) is 0.250. The maximum Gasteiger partial charge on any atom is 0.223 e. The molecule has 8 heteroatoms. The van der Waals surface area contributed by atoms with Crippen molar-refractivity contribution >= 4 is 28.4 Å². The lowest BCUT2D eigenvalue weighted by Gasteiger charge is -2.28. The van der Waals surface area contributed by atoms with E-state index in [2.05, 4.69) is 10.00 Å². The first-order valence-electron chi connectivity index (χ1n) is 10.6. The number of carbonyl (C=O) groups is 1. The number of para-hydroxylation sites is 1. The van der Waals surface area contributed by atoms with Gasteiger partial charge in [-0.05, 0) is 36.4 Å². The van der Waals surface area contributed by atoms with Crippen molar-refractivity contribution in [2.45, 2.75) is 6.92 Å². The lowest BCUT2D eigenvalue weighted by molar-refractivity contribution is -0.116. The van der Waals surface area contributed by atoms with Crippen LogP contribution in [0.3, 0.4) is 0 Å². The molecular formula is C24H24N6O2. The molecule has 1 amide bonds. The van der Waals surface area contributed by atoms with Gasteiger partial charge in [-0.1, -0.05) is 18.2 Å². The van der Waals surface area contributed by atoms with Crippen molar-refractivity contribution in [2.24, 2.45) is 0 Å². The number of amides is 1. The van der Waals surface area contributed by atoms with E-state index in [1.54, 1.807) is 18.9 Å². The first-order chi connectivity index (χ1) is 15.6. The summed E-state index contributed by atoms with van der Waals surface area (Å²) in [6.45, 7) is 4.42. The van der Waals surface area contributed by atoms with E-state index in [9.17, 15) is 4.79 Å². The van der Waals surface area contributed by atoms with Crippen LogP contribution in [0.5, 0.6) is 0 Å². The molecule has 162 valence electrons. The quantitative estimate of drug-likeness (QED) is 0.496. The van der Waals surface area contributed by atoms with Crippen molar-refractivity contribution < 1.29 is 9.53 Å². The average molecular weight is 428 g/mol. The van der Waals surface area contributed by atoms with Gasteiger partial charge in [-0.3, -0.25) is 4.79 Å². The fourth-order valence-electron chi connectivity index (χ4n) is 3.81. The van der Waals surface area contributed by atoms with E-state index in [1.807, 2.05) is 65.5 Å². The molecule has 2 aromatic carbocycles.